The van der Waals surface area contributed by atoms with E-state index in [1.807, 2.05) is 30.3 Å². The lowest BCUT2D eigenvalue weighted by molar-refractivity contribution is 0.0789. The van der Waals surface area contributed by atoms with Crippen LogP contribution in [0.15, 0.2) is 59.5 Å². The van der Waals surface area contributed by atoms with Crippen LogP contribution in [0.3, 0.4) is 0 Å². The molecule has 1 saturated heterocycles. The van der Waals surface area contributed by atoms with Crippen molar-refractivity contribution in [1.82, 2.24) is 4.90 Å². The smallest absolute Gasteiger partial charge is 0.253 e. The van der Waals surface area contributed by atoms with Crippen molar-refractivity contribution in [3.05, 3.63) is 65.7 Å². The third-order valence-corrected chi connectivity index (χ3v) is 5.54. The molecule has 1 fully saturated rings. The Morgan fingerprint density at radius 3 is 2.25 bits per heavy atom. The predicted octanol–water partition coefficient (Wildman–Crippen LogP) is 1.66. The quantitative estimate of drug-likeness (QED) is 0.918. The maximum atomic E-state index is 12.7. The molecule has 2 aromatic rings. The molecule has 1 amide bonds. The number of benzene rings is 2. The molecule has 0 radical (unpaired) electrons. The second-order valence-corrected chi connectivity index (χ2v) is 8.20. The largest absolute Gasteiger partial charge is 0.336 e. The Balaban J connectivity index is 1.77. The molecular weight excluding hydrogens is 324 g/mol. The van der Waals surface area contributed by atoms with Crippen molar-refractivity contribution in [2.45, 2.75) is 16.9 Å². The Hall–Kier alpha value is -2.18. The Morgan fingerprint density at radius 1 is 1.04 bits per heavy atom. The zero-order valence-corrected chi connectivity index (χ0v) is 14.2. The molecule has 2 atom stereocenters. The highest BCUT2D eigenvalue weighted by molar-refractivity contribution is 7.90. The van der Waals surface area contributed by atoms with Gasteiger partial charge < -0.3 is 10.6 Å². The normalized spacial score (nSPS) is 21.0. The summed E-state index contributed by atoms with van der Waals surface area (Å²) in [4.78, 5) is 14.6. The molecule has 126 valence electrons. The van der Waals surface area contributed by atoms with E-state index in [1.54, 1.807) is 17.0 Å². The van der Waals surface area contributed by atoms with E-state index >= 15 is 0 Å². The Morgan fingerprint density at radius 2 is 1.67 bits per heavy atom. The molecule has 1 aliphatic heterocycles. The molecule has 0 spiro atoms. The Kier molecular flexibility index (Phi) is 4.43. The first-order chi connectivity index (χ1) is 11.4. The minimum Gasteiger partial charge on any atom is -0.336 e. The Bertz CT molecular complexity index is 832. The molecule has 1 heterocycles. The third-order valence-electron chi connectivity index (χ3n) is 4.41. The minimum absolute atomic E-state index is 0.105. The van der Waals surface area contributed by atoms with Gasteiger partial charge in [0.15, 0.2) is 9.84 Å². The fourth-order valence-corrected chi connectivity index (χ4v) is 3.71. The molecule has 3 rings (SSSR count). The van der Waals surface area contributed by atoms with Crippen molar-refractivity contribution in [3.8, 4) is 0 Å². The van der Waals surface area contributed by atoms with Crippen LogP contribution in [0.1, 0.15) is 21.8 Å². The maximum absolute atomic E-state index is 12.7. The molecule has 0 unspecified atom stereocenters. The fraction of sp³-hybridized carbons (Fsp3) is 0.278. The first kappa shape index (κ1) is 16.7. The second-order valence-electron chi connectivity index (χ2n) is 6.19. The lowest BCUT2D eigenvalue weighted by Crippen LogP contribution is -2.32. The number of nitrogens with two attached hydrogens (primary N) is 1. The number of carbonyl (C=O) groups is 1. The van der Waals surface area contributed by atoms with E-state index in [9.17, 15) is 13.2 Å². The van der Waals surface area contributed by atoms with E-state index in [-0.39, 0.29) is 22.8 Å². The molecule has 0 aromatic heterocycles. The van der Waals surface area contributed by atoms with Gasteiger partial charge in [0, 0.05) is 36.9 Å². The van der Waals surface area contributed by atoms with Crippen LogP contribution in [-0.2, 0) is 9.84 Å². The molecule has 0 aliphatic carbocycles. The number of nitrogens with zero attached hydrogens (tertiary/aromatic N) is 1. The summed E-state index contributed by atoms with van der Waals surface area (Å²) in [6.45, 7) is 1.06. The van der Waals surface area contributed by atoms with Crippen LogP contribution < -0.4 is 5.73 Å². The lowest BCUT2D eigenvalue weighted by atomic mass is 9.95. The van der Waals surface area contributed by atoms with E-state index in [0.717, 1.165) is 11.8 Å². The van der Waals surface area contributed by atoms with Gasteiger partial charge in [-0.05, 0) is 29.8 Å². The molecule has 2 aromatic carbocycles. The number of amides is 1. The first-order valence-electron chi connectivity index (χ1n) is 7.76. The molecule has 1 aliphatic rings. The van der Waals surface area contributed by atoms with E-state index in [1.165, 1.54) is 12.1 Å². The van der Waals surface area contributed by atoms with Gasteiger partial charge in [-0.25, -0.2) is 8.42 Å². The van der Waals surface area contributed by atoms with Crippen LogP contribution in [0.2, 0.25) is 0 Å². The van der Waals surface area contributed by atoms with Gasteiger partial charge in [0.2, 0.25) is 0 Å². The van der Waals surface area contributed by atoms with Crippen molar-refractivity contribution >= 4 is 15.7 Å². The molecular formula is C18H20N2O3S. The van der Waals surface area contributed by atoms with Crippen molar-refractivity contribution in [1.29, 1.82) is 0 Å². The highest BCUT2D eigenvalue weighted by atomic mass is 32.2. The van der Waals surface area contributed by atoms with Gasteiger partial charge in [-0.2, -0.15) is 0 Å². The van der Waals surface area contributed by atoms with E-state index in [2.05, 4.69) is 0 Å². The summed E-state index contributed by atoms with van der Waals surface area (Å²) >= 11 is 0. The van der Waals surface area contributed by atoms with Crippen molar-refractivity contribution < 1.29 is 13.2 Å². The summed E-state index contributed by atoms with van der Waals surface area (Å²) in [5.41, 5.74) is 7.83. The Labute approximate surface area is 142 Å². The third kappa shape index (κ3) is 3.34. The van der Waals surface area contributed by atoms with Crippen molar-refractivity contribution in [3.63, 3.8) is 0 Å². The van der Waals surface area contributed by atoms with Crippen LogP contribution in [0.5, 0.6) is 0 Å². The predicted molar refractivity (Wildman–Crippen MR) is 92.6 cm³/mol. The van der Waals surface area contributed by atoms with Gasteiger partial charge in [-0.1, -0.05) is 30.3 Å². The highest BCUT2D eigenvalue weighted by Crippen LogP contribution is 2.27. The van der Waals surface area contributed by atoms with E-state index in [4.69, 9.17) is 5.73 Å². The second kappa shape index (κ2) is 6.37. The molecule has 0 bridgehead atoms. The molecule has 24 heavy (non-hydrogen) atoms. The van der Waals surface area contributed by atoms with Crippen LogP contribution >= 0.6 is 0 Å². The van der Waals surface area contributed by atoms with Crippen LogP contribution in [0.25, 0.3) is 0 Å². The number of hydrogen-bond acceptors (Lipinski definition) is 4. The number of likely N-dealkylation sites (tertiary alicyclic amines) is 1. The molecule has 5 nitrogen and oxygen atoms in total. The van der Waals surface area contributed by atoms with E-state index in [0.29, 0.717) is 18.7 Å². The van der Waals surface area contributed by atoms with Crippen LogP contribution in [0.4, 0.5) is 0 Å². The average molecular weight is 344 g/mol. The average Bonchev–Trinajstić information content (AvgIpc) is 2.96. The zero-order valence-electron chi connectivity index (χ0n) is 13.4. The first-order valence-corrected chi connectivity index (χ1v) is 9.65. The van der Waals surface area contributed by atoms with Gasteiger partial charge >= 0.3 is 0 Å². The molecule has 6 heteroatoms. The molecule has 2 N–H and O–H groups in total. The van der Waals surface area contributed by atoms with E-state index < -0.39 is 9.84 Å². The van der Waals surface area contributed by atoms with Crippen molar-refractivity contribution in [2.75, 3.05) is 19.3 Å². The number of carbonyl (C=O) groups excluding carboxylic acids is 1. The van der Waals surface area contributed by atoms with Crippen LogP contribution in [-0.4, -0.2) is 44.6 Å². The zero-order chi connectivity index (χ0) is 17.3. The van der Waals surface area contributed by atoms with Crippen molar-refractivity contribution in [2.24, 2.45) is 5.73 Å². The lowest BCUT2D eigenvalue weighted by Gasteiger charge is -2.16. The van der Waals surface area contributed by atoms with Gasteiger partial charge in [0.05, 0.1) is 4.90 Å². The van der Waals surface area contributed by atoms with Gasteiger partial charge in [0.25, 0.3) is 5.91 Å². The van der Waals surface area contributed by atoms with Gasteiger partial charge in [-0.3, -0.25) is 4.79 Å². The summed E-state index contributed by atoms with van der Waals surface area (Å²) in [6, 6.07) is 15.9. The number of rotatable bonds is 3. The molecule has 0 saturated carbocycles. The summed E-state index contributed by atoms with van der Waals surface area (Å²) in [5.74, 6) is -0.00521. The monoisotopic (exact) mass is 344 g/mol. The SMILES string of the molecule is CS(=O)(=O)c1ccc(C(=O)N2C[C@@H](N)[C@H](c3ccccc3)C2)cc1. The maximum Gasteiger partial charge on any atom is 0.253 e. The van der Waals surface area contributed by atoms with Gasteiger partial charge in [-0.15, -0.1) is 0 Å². The summed E-state index contributed by atoms with van der Waals surface area (Å²) in [5, 5.41) is 0. The van der Waals surface area contributed by atoms with Gasteiger partial charge in [0.1, 0.15) is 0 Å². The number of sulfone groups is 1. The summed E-state index contributed by atoms with van der Waals surface area (Å²) in [6.07, 6.45) is 1.15. The topological polar surface area (TPSA) is 80.5 Å². The fourth-order valence-electron chi connectivity index (χ4n) is 3.08. The number of hydrogen-bond donors (Lipinski definition) is 1. The highest BCUT2D eigenvalue weighted by Gasteiger charge is 2.34. The summed E-state index contributed by atoms with van der Waals surface area (Å²) < 4.78 is 23.0. The van der Waals surface area contributed by atoms with Crippen LogP contribution in [0, 0.1) is 0 Å². The summed E-state index contributed by atoms with van der Waals surface area (Å²) in [7, 11) is -3.26. The standard InChI is InChI=1S/C18H20N2O3S/c1-24(22,23)15-9-7-14(8-10-15)18(21)20-11-16(17(19)12-20)13-5-3-2-4-6-13/h2-10,16-17H,11-12,19H2,1H3/t16-,17+/m0/s1. The minimum atomic E-state index is -3.26.